The van der Waals surface area contributed by atoms with Gasteiger partial charge in [0.25, 0.3) is 0 Å². The largest absolute Gasteiger partial charge is 0.444 e. The first-order chi connectivity index (χ1) is 13.1. The van der Waals surface area contributed by atoms with Crippen LogP contribution in [0.15, 0.2) is 77.0 Å². The van der Waals surface area contributed by atoms with Gasteiger partial charge in [-0.2, -0.15) is 0 Å². The van der Waals surface area contributed by atoms with Crippen LogP contribution in [0.25, 0.3) is 0 Å². The topological polar surface area (TPSA) is 72.5 Å². The molecule has 0 aliphatic rings. The molecular weight excluding hydrogens is 374 g/mol. The van der Waals surface area contributed by atoms with Crippen LogP contribution >= 0.6 is 0 Å². The van der Waals surface area contributed by atoms with Crippen molar-refractivity contribution in [2.75, 3.05) is 6.54 Å². The van der Waals surface area contributed by atoms with Gasteiger partial charge in [0, 0.05) is 17.4 Å². The highest BCUT2D eigenvalue weighted by atomic mass is 32.2. The summed E-state index contributed by atoms with van der Waals surface area (Å²) >= 11 is 0. The predicted molar refractivity (Wildman–Crippen MR) is 111 cm³/mol. The number of benzene rings is 2. The van der Waals surface area contributed by atoms with Gasteiger partial charge >= 0.3 is 6.09 Å². The molecule has 0 radical (unpaired) electrons. The second-order valence-electron chi connectivity index (χ2n) is 7.55. The third-order valence-corrected chi connectivity index (χ3v) is 5.89. The van der Waals surface area contributed by atoms with E-state index in [1.165, 1.54) is 0 Å². The summed E-state index contributed by atoms with van der Waals surface area (Å²) in [5, 5.41) is 2.74. The number of alkyl carbamates (subject to hydrolysis) is 1. The Labute approximate surface area is 167 Å². The molecule has 1 unspecified atom stereocenters. The van der Waals surface area contributed by atoms with Gasteiger partial charge in [0.2, 0.25) is 9.84 Å². The van der Waals surface area contributed by atoms with E-state index >= 15 is 0 Å². The molecule has 0 bridgehead atoms. The third-order valence-electron chi connectivity index (χ3n) is 4.07. The van der Waals surface area contributed by atoms with E-state index in [0.29, 0.717) is 0 Å². The van der Waals surface area contributed by atoms with Crippen molar-refractivity contribution < 1.29 is 17.9 Å². The van der Waals surface area contributed by atoms with Crippen LogP contribution in [0.2, 0.25) is 0 Å². The number of hydrogen-bond acceptors (Lipinski definition) is 4. The third kappa shape index (κ3) is 6.23. The number of carbonyl (C=O) groups is 1. The van der Waals surface area contributed by atoms with E-state index in [1.807, 2.05) is 30.3 Å². The van der Waals surface area contributed by atoms with Crippen LogP contribution in [0, 0.1) is 0 Å². The molecule has 2 aromatic carbocycles. The molecule has 1 N–H and O–H groups in total. The first kappa shape index (κ1) is 21.7. The number of allylic oxidation sites excluding steroid dienone is 1. The van der Waals surface area contributed by atoms with Gasteiger partial charge in [-0.3, -0.25) is 0 Å². The zero-order chi connectivity index (χ0) is 20.8. The molecule has 1 atom stereocenters. The van der Waals surface area contributed by atoms with Gasteiger partial charge in [0.05, 0.1) is 4.90 Å². The first-order valence-corrected chi connectivity index (χ1v) is 10.6. The minimum absolute atomic E-state index is 0.110. The van der Waals surface area contributed by atoms with E-state index in [4.69, 9.17) is 4.74 Å². The Hall–Kier alpha value is -2.60. The molecule has 150 valence electrons. The van der Waals surface area contributed by atoms with Crippen molar-refractivity contribution in [1.29, 1.82) is 0 Å². The summed E-state index contributed by atoms with van der Waals surface area (Å²) in [7, 11) is -3.65. The van der Waals surface area contributed by atoms with Crippen molar-refractivity contribution in [2.45, 2.75) is 43.6 Å². The van der Waals surface area contributed by atoms with Crippen LogP contribution < -0.4 is 5.32 Å². The molecule has 5 nitrogen and oxygen atoms in total. The fourth-order valence-electron chi connectivity index (χ4n) is 2.70. The van der Waals surface area contributed by atoms with Crippen LogP contribution in [0.5, 0.6) is 0 Å². The number of nitrogens with one attached hydrogen (secondary N) is 1. The van der Waals surface area contributed by atoms with Crippen LogP contribution in [0.3, 0.4) is 0 Å². The number of amides is 1. The number of sulfone groups is 1. The lowest BCUT2D eigenvalue weighted by Gasteiger charge is -2.23. The zero-order valence-electron chi connectivity index (χ0n) is 16.5. The van der Waals surface area contributed by atoms with Crippen molar-refractivity contribution in [3.05, 3.63) is 77.7 Å². The predicted octanol–water partition coefficient (Wildman–Crippen LogP) is 4.67. The fraction of sp³-hybridized carbons (Fsp3) is 0.318. The van der Waals surface area contributed by atoms with E-state index in [-0.39, 0.29) is 28.7 Å². The maximum absolute atomic E-state index is 12.8. The molecule has 2 rings (SSSR count). The highest BCUT2D eigenvalue weighted by molar-refractivity contribution is 7.95. The Balaban J connectivity index is 2.16. The lowest BCUT2D eigenvalue weighted by molar-refractivity contribution is 0.0524. The number of hydrogen-bond donors (Lipinski definition) is 1. The van der Waals surface area contributed by atoms with Crippen LogP contribution in [-0.4, -0.2) is 26.7 Å². The van der Waals surface area contributed by atoms with E-state index in [9.17, 15) is 13.2 Å². The lowest BCUT2D eigenvalue weighted by atomic mass is 9.95. The summed E-state index contributed by atoms with van der Waals surface area (Å²) in [5.74, 6) is -0.250. The molecule has 0 aliphatic carbocycles. The summed E-state index contributed by atoms with van der Waals surface area (Å²) in [6.07, 6.45) is -0.346. The minimum Gasteiger partial charge on any atom is -0.444 e. The minimum atomic E-state index is -3.65. The van der Waals surface area contributed by atoms with Gasteiger partial charge in [0.15, 0.2) is 0 Å². The van der Waals surface area contributed by atoms with Gasteiger partial charge in [-0.15, -0.1) is 0 Å². The Morgan fingerprint density at radius 2 is 1.57 bits per heavy atom. The Morgan fingerprint density at radius 3 is 2.11 bits per heavy atom. The fourth-order valence-corrected chi connectivity index (χ4v) is 3.97. The smallest absolute Gasteiger partial charge is 0.407 e. The Morgan fingerprint density at radius 1 is 1.04 bits per heavy atom. The molecule has 2 aromatic rings. The molecule has 6 heteroatoms. The second kappa shape index (κ2) is 9.06. The molecule has 1 amide bonds. The maximum atomic E-state index is 12.8. The number of ether oxygens (including phenoxy) is 1. The molecule has 0 saturated carbocycles. The highest BCUT2D eigenvalue weighted by Gasteiger charge is 2.24. The molecule has 0 spiro atoms. The summed E-state index contributed by atoms with van der Waals surface area (Å²) in [6, 6.07) is 17.7. The van der Waals surface area contributed by atoms with Crippen molar-refractivity contribution in [3.8, 4) is 0 Å². The quantitative estimate of drug-likeness (QED) is 0.732. The Bertz CT molecular complexity index is 901. The van der Waals surface area contributed by atoms with E-state index < -0.39 is 21.5 Å². The monoisotopic (exact) mass is 401 g/mol. The van der Waals surface area contributed by atoms with Crippen molar-refractivity contribution in [1.82, 2.24) is 5.32 Å². The van der Waals surface area contributed by atoms with Gasteiger partial charge in [-0.25, -0.2) is 13.2 Å². The van der Waals surface area contributed by atoms with Gasteiger partial charge < -0.3 is 10.1 Å². The first-order valence-electron chi connectivity index (χ1n) is 9.09. The summed E-state index contributed by atoms with van der Waals surface area (Å²) < 4.78 is 30.9. The van der Waals surface area contributed by atoms with Crippen molar-refractivity contribution in [3.63, 3.8) is 0 Å². The zero-order valence-corrected chi connectivity index (χ0v) is 17.3. The Kier molecular flexibility index (Phi) is 7.02. The molecule has 0 aromatic heterocycles. The summed E-state index contributed by atoms with van der Waals surface area (Å²) in [5.41, 5.74) is 0.315. The van der Waals surface area contributed by atoms with Crippen molar-refractivity contribution >= 4 is 15.9 Å². The lowest BCUT2D eigenvalue weighted by Crippen LogP contribution is -2.35. The molecule has 0 saturated heterocycles. The molecule has 28 heavy (non-hydrogen) atoms. The summed E-state index contributed by atoms with van der Waals surface area (Å²) in [4.78, 5) is 12.3. The average Bonchev–Trinajstić information content (AvgIpc) is 2.65. The summed E-state index contributed by atoms with van der Waals surface area (Å²) in [6.45, 7) is 9.42. The maximum Gasteiger partial charge on any atom is 0.407 e. The van der Waals surface area contributed by atoms with Gasteiger partial charge in [-0.05, 0) is 44.9 Å². The van der Waals surface area contributed by atoms with Crippen molar-refractivity contribution in [2.24, 2.45) is 0 Å². The number of carbonyl (C=O) groups excluding carboxylic acids is 1. The van der Waals surface area contributed by atoms with E-state index in [0.717, 1.165) is 5.56 Å². The standard InChI is InChI=1S/C22H27NO4S/c1-17(28(25,26)20-13-9-6-10-14-20)15-19(18-11-7-5-8-12-18)16-23-21(24)27-22(2,3)4/h5-14,19H,1,15-16H2,2-4H3,(H,23,24). The SMILES string of the molecule is C=C(CC(CNC(=O)OC(C)(C)C)c1ccccc1)S(=O)(=O)c1ccccc1. The highest BCUT2D eigenvalue weighted by Crippen LogP contribution is 2.28. The normalized spacial score (nSPS) is 12.8. The average molecular weight is 402 g/mol. The van der Waals surface area contributed by atoms with E-state index in [2.05, 4.69) is 11.9 Å². The van der Waals surface area contributed by atoms with Crippen LogP contribution in [0.4, 0.5) is 4.79 Å². The molecule has 0 heterocycles. The molecule has 0 fully saturated rings. The van der Waals surface area contributed by atoms with Crippen LogP contribution in [-0.2, 0) is 14.6 Å². The number of rotatable bonds is 7. The molecule has 0 aliphatic heterocycles. The van der Waals surface area contributed by atoms with Gasteiger partial charge in [-0.1, -0.05) is 55.1 Å². The van der Waals surface area contributed by atoms with E-state index in [1.54, 1.807) is 51.1 Å². The van der Waals surface area contributed by atoms with Crippen LogP contribution in [0.1, 0.15) is 38.7 Å². The molecular formula is C22H27NO4S. The second-order valence-corrected chi connectivity index (χ2v) is 9.61. The van der Waals surface area contributed by atoms with Gasteiger partial charge in [0.1, 0.15) is 5.60 Å².